The number of rotatable bonds is 5. The Morgan fingerprint density at radius 3 is 2.61 bits per heavy atom. The summed E-state index contributed by atoms with van der Waals surface area (Å²) in [6.07, 6.45) is 0. The van der Waals surface area contributed by atoms with Crippen molar-refractivity contribution in [3.05, 3.63) is 35.0 Å². The van der Waals surface area contributed by atoms with Crippen LogP contribution < -0.4 is 14.8 Å². The van der Waals surface area contributed by atoms with Gasteiger partial charge in [0, 0.05) is 0 Å². The van der Waals surface area contributed by atoms with Crippen molar-refractivity contribution >= 4 is 26.7 Å². The summed E-state index contributed by atoms with van der Waals surface area (Å²) in [5.74, 6) is 0.825. The molecule has 0 saturated heterocycles. The molecule has 0 bridgehead atoms. The number of carbonyl (C=O) groups is 1. The van der Waals surface area contributed by atoms with Gasteiger partial charge >= 0.3 is 143 Å². The zero-order chi connectivity index (χ0) is 17.0. The normalized spacial score (nSPS) is 17.2. The fraction of sp³-hybridized carbons (Fsp3) is 0.375. The average molecular weight is 382 g/mol. The van der Waals surface area contributed by atoms with E-state index in [1.807, 2.05) is 19.1 Å². The second-order valence-electron chi connectivity index (χ2n) is 4.84. The Hall–Kier alpha value is -1.98. The van der Waals surface area contributed by atoms with E-state index >= 15 is 0 Å². The minimum atomic E-state index is -0.466. The van der Waals surface area contributed by atoms with Crippen molar-refractivity contribution in [1.29, 1.82) is 0 Å². The van der Waals surface area contributed by atoms with E-state index in [2.05, 4.69) is 26.3 Å². The molecule has 0 saturated carbocycles. The Bertz CT molecular complexity index is 670. The van der Waals surface area contributed by atoms with Crippen molar-refractivity contribution in [3.63, 3.8) is 0 Å². The molecule has 0 aliphatic carbocycles. The van der Waals surface area contributed by atoms with E-state index in [4.69, 9.17) is 14.2 Å². The van der Waals surface area contributed by atoms with Gasteiger partial charge in [-0.05, 0) is 0 Å². The number of methoxy groups -OCH3 is 2. The summed E-state index contributed by atoms with van der Waals surface area (Å²) >= 11 is 2.85. The molecule has 23 heavy (non-hydrogen) atoms. The molecule has 1 aromatic carbocycles. The van der Waals surface area contributed by atoms with Crippen LogP contribution in [0.5, 0.6) is 11.5 Å². The zero-order valence-corrected chi connectivity index (χ0v) is 15.2. The number of amidine groups is 1. The fourth-order valence-electron chi connectivity index (χ4n) is 2.38. The molecule has 123 valence electrons. The molecule has 1 heterocycles. The molecule has 1 N–H and O–H groups in total. The Labute approximate surface area is 143 Å². The first kappa shape index (κ1) is 17.4. The number of nitrogens with one attached hydrogen (secondary N) is 1. The standard InChI is InChI=1S/C16H19N2O4Se/c1-5-22-15(19)13-9(2)17-16(23)18-14(13)10-6-7-11(20-3)12(8-10)21-4/h6-8,14H,5H2,1-4H3,(H,17,18). The average Bonchev–Trinajstić information content (AvgIpc) is 2.53. The third-order valence-corrected chi connectivity index (χ3v) is 3.87. The van der Waals surface area contributed by atoms with Crippen molar-refractivity contribution in [3.8, 4) is 11.5 Å². The van der Waals surface area contributed by atoms with Gasteiger partial charge < -0.3 is 0 Å². The summed E-state index contributed by atoms with van der Waals surface area (Å²) in [6.45, 7) is 3.91. The second kappa shape index (κ2) is 7.53. The monoisotopic (exact) mass is 383 g/mol. The van der Waals surface area contributed by atoms with Crippen LogP contribution in [0.25, 0.3) is 0 Å². The Morgan fingerprint density at radius 2 is 2.00 bits per heavy atom. The Balaban J connectivity index is 2.49. The number of ether oxygens (including phenoxy) is 3. The topological polar surface area (TPSA) is 69.2 Å². The Morgan fingerprint density at radius 1 is 1.30 bits per heavy atom. The summed E-state index contributed by atoms with van der Waals surface area (Å²) in [6, 6.07) is 5.01. The van der Waals surface area contributed by atoms with Crippen molar-refractivity contribution < 1.29 is 19.0 Å². The van der Waals surface area contributed by atoms with Crippen LogP contribution in [0.15, 0.2) is 34.5 Å². The molecular weight excluding hydrogens is 363 g/mol. The number of aliphatic imine (C=N–C) groups is 1. The number of carbonyl (C=O) groups excluding carboxylic acids is 1. The number of benzene rings is 1. The van der Waals surface area contributed by atoms with Crippen molar-refractivity contribution in [2.75, 3.05) is 20.8 Å². The number of nitrogens with zero attached hydrogens (tertiary/aromatic N) is 1. The molecule has 7 heteroatoms. The van der Waals surface area contributed by atoms with Crippen LogP contribution in [-0.2, 0) is 9.53 Å². The molecule has 0 amide bonds. The predicted molar refractivity (Wildman–Crippen MR) is 87.9 cm³/mol. The number of hydrogen-bond donors (Lipinski definition) is 1. The maximum atomic E-state index is 12.3. The van der Waals surface area contributed by atoms with Crippen LogP contribution in [0, 0.1) is 0 Å². The van der Waals surface area contributed by atoms with Crippen LogP contribution in [-0.4, -0.2) is 47.5 Å². The van der Waals surface area contributed by atoms with Crippen LogP contribution in [0.2, 0.25) is 0 Å². The molecule has 6 nitrogen and oxygen atoms in total. The SMILES string of the molecule is CCOC(=O)C1=C(C)NC([Se])=NC1c1ccc(OC)c(OC)c1. The molecular formula is C16H19N2O4Se. The van der Waals surface area contributed by atoms with Crippen molar-refractivity contribution in [2.24, 2.45) is 4.99 Å². The van der Waals surface area contributed by atoms with E-state index in [0.29, 0.717) is 34.1 Å². The van der Waals surface area contributed by atoms with E-state index in [0.717, 1.165) is 5.56 Å². The Kier molecular flexibility index (Phi) is 5.69. The molecule has 0 aromatic heterocycles. The molecule has 1 radical (unpaired) electrons. The predicted octanol–water partition coefficient (Wildman–Crippen LogP) is 1.71. The van der Waals surface area contributed by atoms with E-state index in [-0.39, 0.29) is 5.97 Å². The quantitative estimate of drug-likeness (QED) is 0.620. The second-order valence-corrected chi connectivity index (χ2v) is 5.65. The zero-order valence-electron chi connectivity index (χ0n) is 13.5. The van der Waals surface area contributed by atoms with Crippen LogP contribution >= 0.6 is 0 Å². The van der Waals surface area contributed by atoms with Gasteiger partial charge in [0.25, 0.3) is 0 Å². The number of hydrogen-bond acceptors (Lipinski definition) is 6. The molecule has 1 aliphatic heterocycles. The molecule has 0 fully saturated rings. The number of allylic oxidation sites excluding steroid dienone is 1. The molecule has 1 atom stereocenters. The maximum absolute atomic E-state index is 12.3. The van der Waals surface area contributed by atoms with Gasteiger partial charge in [0.1, 0.15) is 0 Å². The first-order chi connectivity index (χ1) is 11.0. The van der Waals surface area contributed by atoms with Gasteiger partial charge in [-0.2, -0.15) is 0 Å². The first-order valence-electron chi connectivity index (χ1n) is 7.13. The molecule has 1 aliphatic rings. The van der Waals surface area contributed by atoms with Gasteiger partial charge in [0.05, 0.1) is 0 Å². The van der Waals surface area contributed by atoms with E-state index in [1.54, 1.807) is 27.2 Å². The molecule has 2 rings (SSSR count). The summed E-state index contributed by atoms with van der Waals surface area (Å²) in [5.41, 5.74) is 2.02. The van der Waals surface area contributed by atoms with Crippen LogP contribution in [0.4, 0.5) is 0 Å². The number of esters is 1. The summed E-state index contributed by atoms with van der Waals surface area (Å²) in [7, 11) is 3.15. The van der Waals surface area contributed by atoms with E-state index < -0.39 is 6.04 Å². The first-order valence-corrected chi connectivity index (χ1v) is 7.99. The van der Waals surface area contributed by atoms with Crippen LogP contribution in [0.3, 0.4) is 0 Å². The van der Waals surface area contributed by atoms with Gasteiger partial charge in [-0.15, -0.1) is 0 Å². The van der Waals surface area contributed by atoms with E-state index in [1.165, 1.54) is 0 Å². The van der Waals surface area contributed by atoms with Gasteiger partial charge in [0.15, 0.2) is 0 Å². The van der Waals surface area contributed by atoms with Gasteiger partial charge in [0.2, 0.25) is 0 Å². The van der Waals surface area contributed by atoms with Crippen LogP contribution in [0.1, 0.15) is 25.5 Å². The third kappa shape index (κ3) is 3.68. The molecule has 0 spiro atoms. The minimum absolute atomic E-state index is 0.309. The van der Waals surface area contributed by atoms with Gasteiger partial charge in [-0.25, -0.2) is 0 Å². The molecule has 1 aromatic rings. The summed E-state index contributed by atoms with van der Waals surface area (Å²) < 4.78 is 16.4. The molecule has 1 unspecified atom stereocenters. The van der Waals surface area contributed by atoms with Gasteiger partial charge in [-0.3, -0.25) is 0 Å². The van der Waals surface area contributed by atoms with Crippen molar-refractivity contribution in [2.45, 2.75) is 19.9 Å². The summed E-state index contributed by atoms with van der Waals surface area (Å²) in [5, 5.41) is 3.04. The van der Waals surface area contributed by atoms with Crippen molar-refractivity contribution in [1.82, 2.24) is 5.32 Å². The van der Waals surface area contributed by atoms with Gasteiger partial charge in [-0.1, -0.05) is 0 Å². The fourth-order valence-corrected chi connectivity index (χ4v) is 2.93. The summed E-state index contributed by atoms with van der Waals surface area (Å²) in [4.78, 5) is 16.8. The van der Waals surface area contributed by atoms with E-state index in [9.17, 15) is 4.79 Å². The third-order valence-electron chi connectivity index (χ3n) is 3.44.